The maximum absolute atomic E-state index is 11.9. The minimum absolute atomic E-state index is 0.169. The second kappa shape index (κ2) is 19.8. The lowest BCUT2D eigenvalue weighted by Gasteiger charge is -2.37. The van der Waals surface area contributed by atoms with E-state index in [-0.39, 0.29) is 13.2 Å². The summed E-state index contributed by atoms with van der Waals surface area (Å²) in [5, 5.41) is 0. The Bertz CT molecular complexity index is 513. The third-order valence-corrected chi connectivity index (χ3v) is 7.45. The predicted octanol–water partition coefficient (Wildman–Crippen LogP) is 5.59. The summed E-state index contributed by atoms with van der Waals surface area (Å²) in [4.78, 5) is 11.9. The van der Waals surface area contributed by atoms with E-state index in [0.29, 0.717) is 6.54 Å². The second-order valence-electron chi connectivity index (χ2n) is 9.50. The fraction of sp³-hybridized carbons (Fsp3) is 0.920. The Balaban J connectivity index is 1.81. The van der Waals surface area contributed by atoms with Gasteiger partial charge in [-0.25, -0.2) is 0 Å². The van der Waals surface area contributed by atoms with E-state index in [2.05, 4.69) is 13.6 Å². The van der Waals surface area contributed by atoms with Gasteiger partial charge in [0.2, 0.25) is 0 Å². The summed E-state index contributed by atoms with van der Waals surface area (Å²) in [6.45, 7) is 8.62. The first-order valence-electron chi connectivity index (χ1n) is 13.2. The molecule has 0 amide bonds. The van der Waals surface area contributed by atoms with Gasteiger partial charge in [0.05, 0.1) is 39.7 Å². The van der Waals surface area contributed by atoms with E-state index in [4.69, 9.17) is 18.5 Å². The zero-order valence-electron chi connectivity index (χ0n) is 21.2. The van der Waals surface area contributed by atoms with Crippen molar-refractivity contribution in [1.29, 1.82) is 0 Å². The van der Waals surface area contributed by atoms with Crippen LogP contribution in [0.3, 0.4) is 0 Å². The number of ether oxygens (including phenoxy) is 2. The lowest BCUT2D eigenvalue weighted by atomic mass is 10.0. The molecule has 0 bridgehead atoms. The van der Waals surface area contributed by atoms with Crippen LogP contribution in [0.15, 0.2) is 12.8 Å². The van der Waals surface area contributed by atoms with E-state index in [0.717, 1.165) is 63.1 Å². The first kappa shape index (κ1) is 30.6. The Hall–Kier alpha value is -0.430. The van der Waals surface area contributed by atoms with Crippen LogP contribution in [0.1, 0.15) is 89.9 Å². The van der Waals surface area contributed by atoms with Crippen LogP contribution in [0.5, 0.6) is 0 Å². The maximum Gasteiger partial charge on any atom is 0.268 e. The van der Waals surface area contributed by atoms with E-state index in [1.54, 1.807) is 0 Å². The van der Waals surface area contributed by atoms with Crippen LogP contribution >= 0.6 is 7.82 Å². The molecule has 7 nitrogen and oxygen atoms in total. The average Bonchev–Trinajstić information content (AvgIpc) is 2.78. The number of rotatable bonds is 23. The van der Waals surface area contributed by atoms with Gasteiger partial charge in [0.15, 0.2) is 0 Å². The van der Waals surface area contributed by atoms with Crippen molar-refractivity contribution in [3.05, 3.63) is 12.8 Å². The molecule has 1 heterocycles. The molecule has 196 valence electrons. The highest BCUT2D eigenvalue weighted by Gasteiger charge is 2.25. The lowest BCUT2D eigenvalue weighted by Crippen LogP contribution is -2.53. The van der Waals surface area contributed by atoms with Gasteiger partial charge in [0.25, 0.3) is 7.82 Å². The highest BCUT2D eigenvalue weighted by molar-refractivity contribution is 7.45. The van der Waals surface area contributed by atoms with Crippen molar-refractivity contribution >= 4 is 7.82 Å². The minimum atomic E-state index is -4.18. The zero-order chi connectivity index (χ0) is 24.1. The quantitative estimate of drug-likeness (QED) is 0.0803. The normalized spacial score (nSPS) is 17.5. The molecule has 1 aliphatic heterocycles. The van der Waals surface area contributed by atoms with Gasteiger partial charge in [-0.2, -0.15) is 0 Å². The van der Waals surface area contributed by atoms with Gasteiger partial charge < -0.3 is 27.9 Å². The van der Waals surface area contributed by atoms with E-state index in [9.17, 15) is 9.46 Å². The molecule has 0 spiro atoms. The molecule has 0 aromatic heterocycles. The summed E-state index contributed by atoms with van der Waals surface area (Å²) in [5.74, 6) is 0. The van der Waals surface area contributed by atoms with Crippen molar-refractivity contribution < 1.29 is 32.5 Å². The van der Waals surface area contributed by atoms with E-state index < -0.39 is 7.82 Å². The molecular formula is C25H50NO6P. The van der Waals surface area contributed by atoms with Gasteiger partial charge in [-0.1, -0.05) is 83.6 Å². The van der Waals surface area contributed by atoms with Gasteiger partial charge >= 0.3 is 0 Å². The Morgan fingerprint density at radius 1 is 0.788 bits per heavy atom. The molecule has 8 heteroatoms. The highest BCUT2D eigenvalue weighted by Crippen LogP contribution is 2.38. The van der Waals surface area contributed by atoms with Crippen molar-refractivity contribution in [3.8, 4) is 0 Å². The number of phosphoric ester groups is 1. The van der Waals surface area contributed by atoms with E-state index in [1.165, 1.54) is 70.5 Å². The summed E-state index contributed by atoms with van der Waals surface area (Å²) in [7, 11) is -2.08. The molecule has 0 N–H and O–H groups in total. The second-order valence-corrected chi connectivity index (χ2v) is 10.9. The summed E-state index contributed by atoms with van der Waals surface area (Å²) >= 11 is 0. The fourth-order valence-electron chi connectivity index (χ4n) is 4.09. The highest BCUT2D eigenvalue weighted by atomic mass is 31.2. The van der Waals surface area contributed by atoms with Gasteiger partial charge in [-0.05, 0) is 12.8 Å². The van der Waals surface area contributed by atoms with Crippen molar-refractivity contribution in [2.75, 3.05) is 59.7 Å². The largest absolute Gasteiger partial charge is 0.756 e. The maximum atomic E-state index is 11.9. The number of hydrogen-bond donors (Lipinski definition) is 0. The molecule has 0 radical (unpaired) electrons. The van der Waals surface area contributed by atoms with Crippen LogP contribution < -0.4 is 4.89 Å². The van der Waals surface area contributed by atoms with Crippen LogP contribution in [0, 0.1) is 0 Å². The van der Waals surface area contributed by atoms with Crippen LogP contribution in [-0.4, -0.2) is 64.2 Å². The van der Waals surface area contributed by atoms with E-state index >= 15 is 0 Å². The number of hydrogen-bond acceptors (Lipinski definition) is 6. The first-order chi connectivity index (χ1) is 16.0. The third kappa shape index (κ3) is 18.6. The standard InChI is InChI=1S/C25H50NO6P/c1-3-29-21-16-14-12-10-8-6-4-5-7-9-11-13-15-17-22-31-33(27,28)32-25-20-26(2)18-23-30-24-19-26/h3H,1,4-25H2,2H3. The fourth-order valence-corrected chi connectivity index (χ4v) is 4.82. The summed E-state index contributed by atoms with van der Waals surface area (Å²) in [6.07, 6.45) is 18.7. The number of morpholine rings is 1. The molecule has 1 fully saturated rings. The smallest absolute Gasteiger partial charge is 0.268 e. The van der Waals surface area contributed by atoms with Gasteiger partial charge in [0.1, 0.15) is 26.2 Å². The van der Waals surface area contributed by atoms with Crippen LogP contribution in [0.2, 0.25) is 0 Å². The average molecular weight is 492 g/mol. The molecule has 0 aliphatic carbocycles. The van der Waals surface area contributed by atoms with Crippen LogP contribution in [-0.2, 0) is 23.1 Å². The predicted molar refractivity (Wildman–Crippen MR) is 132 cm³/mol. The molecule has 1 aliphatic rings. The molecule has 0 aromatic rings. The number of nitrogens with zero attached hydrogens (tertiary/aromatic N) is 1. The molecule has 33 heavy (non-hydrogen) atoms. The van der Waals surface area contributed by atoms with Gasteiger partial charge in [-0.3, -0.25) is 4.57 Å². The van der Waals surface area contributed by atoms with Crippen molar-refractivity contribution in [2.24, 2.45) is 0 Å². The number of phosphoric acid groups is 1. The van der Waals surface area contributed by atoms with E-state index in [1.807, 2.05) is 0 Å². The van der Waals surface area contributed by atoms with Crippen LogP contribution in [0.25, 0.3) is 0 Å². The Kier molecular flexibility index (Phi) is 18.4. The SMILES string of the molecule is C=COCCCCCCCCCCCCCCCCOP(=O)([O-])OCC[N+]1(C)CCOCC1. The third-order valence-electron chi connectivity index (χ3n) is 6.46. The monoisotopic (exact) mass is 491 g/mol. The molecule has 1 unspecified atom stereocenters. The Morgan fingerprint density at radius 3 is 1.70 bits per heavy atom. The Morgan fingerprint density at radius 2 is 1.21 bits per heavy atom. The molecule has 1 atom stereocenters. The topological polar surface area (TPSA) is 77.1 Å². The summed E-state index contributed by atoms with van der Waals surface area (Å²) in [6, 6.07) is 0. The lowest BCUT2D eigenvalue weighted by molar-refractivity contribution is -0.916. The number of quaternary nitrogens is 1. The number of likely N-dealkylation sites (N-methyl/N-ethyl adjacent to an activating group) is 1. The van der Waals surface area contributed by atoms with Crippen molar-refractivity contribution in [1.82, 2.24) is 0 Å². The first-order valence-corrected chi connectivity index (χ1v) is 14.7. The zero-order valence-corrected chi connectivity index (χ0v) is 22.1. The van der Waals surface area contributed by atoms with Gasteiger partial charge in [0, 0.05) is 0 Å². The number of unbranched alkanes of at least 4 members (excludes halogenated alkanes) is 13. The molecule has 1 rings (SSSR count). The molecule has 0 aromatic carbocycles. The molecule has 1 saturated heterocycles. The molecular weight excluding hydrogens is 441 g/mol. The van der Waals surface area contributed by atoms with Crippen molar-refractivity contribution in [3.63, 3.8) is 0 Å². The Labute approximate surface area is 203 Å². The van der Waals surface area contributed by atoms with Crippen molar-refractivity contribution in [2.45, 2.75) is 89.9 Å². The minimum Gasteiger partial charge on any atom is -0.756 e. The van der Waals surface area contributed by atoms with Gasteiger partial charge in [-0.15, -0.1) is 0 Å². The molecule has 0 saturated carbocycles. The van der Waals surface area contributed by atoms with Crippen LogP contribution in [0.4, 0.5) is 0 Å². The summed E-state index contributed by atoms with van der Waals surface area (Å²) < 4.78 is 33.2. The summed E-state index contributed by atoms with van der Waals surface area (Å²) in [5.41, 5.74) is 0.